The number of nitrogens with one attached hydrogen (secondary N) is 1. The van der Waals surface area contributed by atoms with Crippen LogP contribution in [0.5, 0.6) is 0 Å². The molecule has 4 aromatic rings. The van der Waals surface area contributed by atoms with E-state index in [1.165, 1.54) is 15.8 Å². The molecule has 0 saturated carbocycles. The molecule has 134 valence electrons. The van der Waals surface area contributed by atoms with Crippen molar-refractivity contribution in [2.24, 2.45) is 0 Å². The van der Waals surface area contributed by atoms with E-state index in [0.29, 0.717) is 5.56 Å². The number of nitrogens with zero attached hydrogens (tertiary/aromatic N) is 1. The third-order valence-electron chi connectivity index (χ3n) is 4.70. The second-order valence-corrected chi connectivity index (χ2v) is 7.85. The van der Waals surface area contributed by atoms with Gasteiger partial charge in [0.2, 0.25) is 0 Å². The van der Waals surface area contributed by atoms with Crippen molar-refractivity contribution in [1.82, 2.24) is 4.98 Å². The molecule has 4 rings (SSSR count). The summed E-state index contributed by atoms with van der Waals surface area (Å²) in [5.41, 5.74) is 7.06. The molecule has 1 heterocycles. The minimum absolute atomic E-state index is 0.0960. The van der Waals surface area contributed by atoms with Gasteiger partial charge in [-0.25, -0.2) is 4.98 Å². The van der Waals surface area contributed by atoms with Gasteiger partial charge in [0.1, 0.15) is 5.01 Å². The molecule has 27 heavy (non-hydrogen) atoms. The number of benzene rings is 3. The molecule has 0 fully saturated rings. The lowest BCUT2D eigenvalue weighted by Crippen LogP contribution is -2.12. The Kier molecular flexibility index (Phi) is 4.50. The molecular weight excluding hydrogens is 352 g/mol. The van der Waals surface area contributed by atoms with Gasteiger partial charge in [0.15, 0.2) is 0 Å². The van der Waals surface area contributed by atoms with Gasteiger partial charge in [-0.15, -0.1) is 11.3 Å². The summed E-state index contributed by atoms with van der Waals surface area (Å²) < 4.78 is 1.19. The van der Waals surface area contributed by atoms with Crippen molar-refractivity contribution in [3.05, 3.63) is 82.9 Å². The van der Waals surface area contributed by atoms with Crippen LogP contribution in [0.15, 0.2) is 60.7 Å². The van der Waals surface area contributed by atoms with E-state index in [0.717, 1.165) is 27.3 Å². The fourth-order valence-corrected chi connectivity index (χ4v) is 4.01. The molecule has 0 saturated heterocycles. The highest BCUT2D eigenvalue weighted by atomic mass is 32.1. The highest BCUT2D eigenvalue weighted by Gasteiger charge is 2.09. The quantitative estimate of drug-likeness (QED) is 0.469. The lowest BCUT2D eigenvalue weighted by Gasteiger charge is -2.08. The number of amides is 1. The Balaban J connectivity index is 1.54. The molecule has 0 bridgehead atoms. The number of carbonyl (C=O) groups is 1. The van der Waals surface area contributed by atoms with Crippen molar-refractivity contribution in [2.45, 2.75) is 20.8 Å². The van der Waals surface area contributed by atoms with Crippen molar-refractivity contribution in [3.63, 3.8) is 0 Å². The molecule has 4 heteroatoms. The van der Waals surface area contributed by atoms with E-state index in [1.807, 2.05) is 56.3 Å². The third-order valence-corrected chi connectivity index (χ3v) is 5.77. The molecule has 0 spiro atoms. The molecule has 0 aliphatic rings. The zero-order valence-corrected chi connectivity index (χ0v) is 16.4. The lowest BCUT2D eigenvalue weighted by molar-refractivity contribution is 0.102. The zero-order chi connectivity index (χ0) is 19.0. The Morgan fingerprint density at radius 2 is 1.67 bits per heavy atom. The first kappa shape index (κ1) is 17.4. The summed E-state index contributed by atoms with van der Waals surface area (Å²) in [7, 11) is 0. The fraction of sp³-hybridized carbons (Fsp3) is 0.130. The van der Waals surface area contributed by atoms with Gasteiger partial charge in [-0.1, -0.05) is 12.1 Å². The maximum atomic E-state index is 12.5. The number of aromatic nitrogens is 1. The van der Waals surface area contributed by atoms with Gasteiger partial charge in [0, 0.05) is 16.8 Å². The van der Waals surface area contributed by atoms with Gasteiger partial charge in [-0.3, -0.25) is 4.79 Å². The Bertz CT molecular complexity index is 1140. The van der Waals surface area contributed by atoms with E-state index < -0.39 is 0 Å². The third kappa shape index (κ3) is 3.62. The first-order chi connectivity index (χ1) is 13.0. The molecule has 3 aromatic carbocycles. The van der Waals surface area contributed by atoms with Crippen LogP contribution >= 0.6 is 11.3 Å². The van der Waals surface area contributed by atoms with Crippen LogP contribution in [0, 0.1) is 20.8 Å². The SMILES string of the molecule is Cc1ccc2nc(-c3ccc(NC(=O)c4ccc(C)c(C)c4)cc3)sc2c1. The summed E-state index contributed by atoms with van der Waals surface area (Å²) in [6, 6.07) is 19.9. The molecule has 0 radical (unpaired) electrons. The Morgan fingerprint density at radius 3 is 2.41 bits per heavy atom. The molecular formula is C23H20N2OS. The van der Waals surface area contributed by atoms with Crippen LogP contribution in [0.2, 0.25) is 0 Å². The number of thiazole rings is 1. The summed E-state index contributed by atoms with van der Waals surface area (Å²) >= 11 is 1.69. The first-order valence-corrected chi connectivity index (χ1v) is 9.67. The topological polar surface area (TPSA) is 42.0 Å². The second-order valence-electron chi connectivity index (χ2n) is 6.82. The lowest BCUT2D eigenvalue weighted by atomic mass is 10.1. The average Bonchev–Trinajstić information content (AvgIpc) is 3.07. The molecule has 1 amide bonds. The monoisotopic (exact) mass is 372 g/mol. The van der Waals surface area contributed by atoms with E-state index in [4.69, 9.17) is 4.98 Å². The predicted molar refractivity (Wildman–Crippen MR) is 114 cm³/mol. The molecule has 0 unspecified atom stereocenters. The number of hydrogen-bond donors (Lipinski definition) is 1. The highest BCUT2D eigenvalue weighted by Crippen LogP contribution is 2.31. The predicted octanol–water partition coefficient (Wildman–Crippen LogP) is 6.14. The number of rotatable bonds is 3. The van der Waals surface area contributed by atoms with Crippen LogP contribution in [0.25, 0.3) is 20.8 Å². The van der Waals surface area contributed by atoms with Crippen molar-refractivity contribution in [3.8, 4) is 10.6 Å². The smallest absolute Gasteiger partial charge is 0.255 e. The van der Waals surface area contributed by atoms with Crippen LogP contribution in [0.3, 0.4) is 0 Å². The first-order valence-electron chi connectivity index (χ1n) is 8.86. The van der Waals surface area contributed by atoms with Crippen LogP contribution in [0.1, 0.15) is 27.0 Å². The van der Waals surface area contributed by atoms with Crippen molar-refractivity contribution in [2.75, 3.05) is 5.32 Å². The maximum Gasteiger partial charge on any atom is 0.255 e. The number of aryl methyl sites for hydroxylation is 3. The van der Waals surface area contributed by atoms with Gasteiger partial charge in [0.05, 0.1) is 10.2 Å². The van der Waals surface area contributed by atoms with E-state index in [1.54, 1.807) is 11.3 Å². The van der Waals surface area contributed by atoms with Crippen molar-refractivity contribution in [1.29, 1.82) is 0 Å². The Labute approximate surface area is 162 Å². The fourth-order valence-electron chi connectivity index (χ4n) is 2.94. The maximum absolute atomic E-state index is 12.5. The highest BCUT2D eigenvalue weighted by molar-refractivity contribution is 7.21. The molecule has 1 N–H and O–H groups in total. The normalized spacial score (nSPS) is 10.9. The molecule has 1 aromatic heterocycles. The van der Waals surface area contributed by atoms with Gasteiger partial charge < -0.3 is 5.32 Å². The summed E-state index contributed by atoms with van der Waals surface area (Å²) in [6.07, 6.45) is 0. The van der Waals surface area contributed by atoms with Gasteiger partial charge in [0.25, 0.3) is 5.91 Å². The van der Waals surface area contributed by atoms with E-state index in [-0.39, 0.29) is 5.91 Å². The largest absolute Gasteiger partial charge is 0.322 e. The van der Waals surface area contributed by atoms with E-state index in [9.17, 15) is 4.79 Å². The summed E-state index contributed by atoms with van der Waals surface area (Å²) in [5.74, 6) is -0.0960. The number of anilines is 1. The van der Waals surface area contributed by atoms with Gasteiger partial charge >= 0.3 is 0 Å². The van der Waals surface area contributed by atoms with E-state index >= 15 is 0 Å². The van der Waals surface area contributed by atoms with Crippen LogP contribution in [-0.2, 0) is 0 Å². The van der Waals surface area contributed by atoms with Crippen molar-refractivity contribution < 1.29 is 4.79 Å². The van der Waals surface area contributed by atoms with Crippen LogP contribution < -0.4 is 5.32 Å². The van der Waals surface area contributed by atoms with E-state index in [2.05, 4.69) is 30.4 Å². The molecule has 0 aliphatic heterocycles. The van der Waals surface area contributed by atoms with Crippen LogP contribution in [-0.4, -0.2) is 10.9 Å². The number of carbonyl (C=O) groups excluding carboxylic acids is 1. The standard InChI is InChI=1S/C23H20N2OS/c1-14-4-11-20-21(12-14)27-23(25-20)17-7-9-19(10-8-17)24-22(26)18-6-5-15(2)16(3)13-18/h4-13H,1-3H3,(H,24,26). The molecule has 0 atom stereocenters. The van der Waals surface area contributed by atoms with Crippen molar-refractivity contribution >= 4 is 33.1 Å². The second kappa shape index (κ2) is 6.97. The molecule has 3 nitrogen and oxygen atoms in total. The molecule has 0 aliphatic carbocycles. The van der Waals surface area contributed by atoms with Gasteiger partial charge in [-0.05, 0) is 86.0 Å². The average molecular weight is 372 g/mol. The number of fused-ring (bicyclic) bond motifs is 1. The summed E-state index contributed by atoms with van der Waals surface area (Å²) in [4.78, 5) is 17.2. The summed E-state index contributed by atoms with van der Waals surface area (Å²) in [5, 5.41) is 3.95. The minimum Gasteiger partial charge on any atom is -0.322 e. The Morgan fingerprint density at radius 1 is 0.889 bits per heavy atom. The Hall–Kier alpha value is -2.98. The van der Waals surface area contributed by atoms with Crippen LogP contribution in [0.4, 0.5) is 5.69 Å². The van der Waals surface area contributed by atoms with Gasteiger partial charge in [-0.2, -0.15) is 0 Å². The minimum atomic E-state index is -0.0960. The number of hydrogen-bond acceptors (Lipinski definition) is 3. The summed E-state index contributed by atoms with van der Waals surface area (Å²) in [6.45, 7) is 6.14. The zero-order valence-electron chi connectivity index (χ0n) is 15.5.